The van der Waals surface area contributed by atoms with Gasteiger partial charge in [-0.05, 0) is 36.8 Å². The van der Waals surface area contributed by atoms with Crippen LogP contribution in [0.3, 0.4) is 0 Å². The van der Waals surface area contributed by atoms with Crippen LogP contribution in [-0.2, 0) is 24.5 Å². The molecule has 7 heteroatoms. The minimum atomic E-state index is -0.291. The number of aromatic nitrogens is 2. The summed E-state index contributed by atoms with van der Waals surface area (Å²) in [6.45, 7) is 2.07. The third-order valence-corrected chi connectivity index (χ3v) is 4.28. The van der Waals surface area contributed by atoms with Crippen LogP contribution in [0.2, 0.25) is 0 Å². The van der Waals surface area contributed by atoms with Gasteiger partial charge in [0.1, 0.15) is 30.5 Å². The van der Waals surface area contributed by atoms with Gasteiger partial charge in [0.25, 0.3) is 5.56 Å². The SMILES string of the molecule is COc1ccc(OCc2nc(C)cc(=O)n2CC(=O)NCc2ccccc2)cc1. The normalized spacial score (nSPS) is 10.4. The lowest BCUT2D eigenvalue weighted by Gasteiger charge is -2.14. The Morgan fingerprint density at radius 1 is 1.07 bits per heavy atom. The maximum absolute atomic E-state index is 12.4. The van der Waals surface area contributed by atoms with Crippen LogP contribution >= 0.6 is 0 Å². The topological polar surface area (TPSA) is 82.5 Å². The third-order valence-electron chi connectivity index (χ3n) is 4.28. The molecule has 0 fully saturated rings. The fourth-order valence-electron chi connectivity index (χ4n) is 2.78. The summed E-state index contributed by atoms with van der Waals surface area (Å²) in [5.41, 5.74) is 1.27. The summed E-state index contributed by atoms with van der Waals surface area (Å²) in [5.74, 6) is 1.45. The first-order valence-corrected chi connectivity index (χ1v) is 9.20. The first-order chi connectivity index (χ1) is 14.0. The maximum Gasteiger partial charge on any atom is 0.254 e. The van der Waals surface area contributed by atoms with E-state index in [1.165, 1.54) is 10.6 Å². The van der Waals surface area contributed by atoms with Gasteiger partial charge in [0.05, 0.1) is 7.11 Å². The van der Waals surface area contributed by atoms with Crippen molar-refractivity contribution >= 4 is 5.91 Å². The van der Waals surface area contributed by atoms with Crippen LogP contribution in [0.4, 0.5) is 0 Å². The van der Waals surface area contributed by atoms with E-state index in [9.17, 15) is 9.59 Å². The van der Waals surface area contributed by atoms with E-state index < -0.39 is 0 Å². The van der Waals surface area contributed by atoms with Gasteiger partial charge in [0, 0.05) is 18.3 Å². The van der Waals surface area contributed by atoms with E-state index in [2.05, 4.69) is 10.3 Å². The fraction of sp³-hybridized carbons (Fsp3) is 0.227. The lowest BCUT2D eigenvalue weighted by Crippen LogP contribution is -2.34. The summed E-state index contributed by atoms with van der Waals surface area (Å²) in [6, 6.07) is 18.1. The number of nitrogens with zero attached hydrogens (tertiary/aromatic N) is 2. The summed E-state index contributed by atoms with van der Waals surface area (Å²) in [5, 5.41) is 2.82. The molecule has 0 saturated heterocycles. The Morgan fingerprint density at radius 2 is 1.76 bits per heavy atom. The molecule has 1 amide bonds. The van der Waals surface area contributed by atoms with E-state index in [1.807, 2.05) is 30.3 Å². The first kappa shape index (κ1) is 20.1. The van der Waals surface area contributed by atoms with Crippen molar-refractivity contribution < 1.29 is 14.3 Å². The number of benzene rings is 2. The molecule has 1 N–H and O–H groups in total. The van der Waals surface area contributed by atoms with Crippen LogP contribution in [0.1, 0.15) is 17.1 Å². The number of carbonyl (C=O) groups excluding carboxylic acids is 1. The van der Waals surface area contributed by atoms with Crippen LogP contribution in [0.25, 0.3) is 0 Å². The molecule has 3 rings (SSSR count). The number of carbonyl (C=O) groups is 1. The van der Waals surface area contributed by atoms with Crippen LogP contribution in [0.5, 0.6) is 11.5 Å². The van der Waals surface area contributed by atoms with Gasteiger partial charge in [-0.1, -0.05) is 30.3 Å². The van der Waals surface area contributed by atoms with Crippen LogP contribution in [-0.4, -0.2) is 22.6 Å². The van der Waals surface area contributed by atoms with Crippen molar-refractivity contribution in [1.82, 2.24) is 14.9 Å². The van der Waals surface area contributed by atoms with Gasteiger partial charge in [0.15, 0.2) is 0 Å². The first-order valence-electron chi connectivity index (χ1n) is 9.20. The summed E-state index contributed by atoms with van der Waals surface area (Å²) in [7, 11) is 1.59. The molecule has 3 aromatic rings. The van der Waals surface area contributed by atoms with E-state index in [4.69, 9.17) is 9.47 Å². The summed E-state index contributed by atoms with van der Waals surface area (Å²) in [4.78, 5) is 29.2. The number of hydrogen-bond acceptors (Lipinski definition) is 5. The van der Waals surface area contributed by atoms with Crippen molar-refractivity contribution in [2.45, 2.75) is 26.6 Å². The second-order valence-corrected chi connectivity index (χ2v) is 6.46. The van der Waals surface area contributed by atoms with Crippen molar-refractivity contribution in [1.29, 1.82) is 0 Å². The zero-order valence-electron chi connectivity index (χ0n) is 16.4. The van der Waals surface area contributed by atoms with Crippen molar-refractivity contribution in [3.8, 4) is 11.5 Å². The molecule has 1 aromatic heterocycles. The Kier molecular flexibility index (Phi) is 6.63. The highest BCUT2D eigenvalue weighted by atomic mass is 16.5. The average molecular weight is 393 g/mol. The molecular weight excluding hydrogens is 370 g/mol. The minimum Gasteiger partial charge on any atom is -0.497 e. The highest BCUT2D eigenvalue weighted by Crippen LogP contribution is 2.17. The molecule has 2 aromatic carbocycles. The number of ether oxygens (including phenoxy) is 2. The number of amides is 1. The van der Waals surface area contributed by atoms with Gasteiger partial charge in [-0.2, -0.15) is 0 Å². The maximum atomic E-state index is 12.4. The molecule has 0 aliphatic heterocycles. The second kappa shape index (κ2) is 9.54. The van der Waals surface area contributed by atoms with Gasteiger partial charge in [-0.25, -0.2) is 4.98 Å². The Morgan fingerprint density at radius 3 is 2.45 bits per heavy atom. The molecule has 0 bridgehead atoms. The summed E-state index contributed by atoms with van der Waals surface area (Å²) < 4.78 is 12.2. The average Bonchev–Trinajstić information content (AvgIpc) is 2.74. The molecule has 0 radical (unpaired) electrons. The second-order valence-electron chi connectivity index (χ2n) is 6.46. The van der Waals surface area contributed by atoms with E-state index in [-0.39, 0.29) is 24.6 Å². The third kappa shape index (κ3) is 5.68. The smallest absolute Gasteiger partial charge is 0.254 e. The van der Waals surface area contributed by atoms with Gasteiger partial charge in [-0.15, -0.1) is 0 Å². The van der Waals surface area contributed by atoms with E-state index in [0.717, 1.165) is 11.3 Å². The largest absolute Gasteiger partial charge is 0.497 e. The Bertz CT molecular complexity index is 1010. The van der Waals surface area contributed by atoms with E-state index >= 15 is 0 Å². The Balaban J connectivity index is 1.68. The van der Waals surface area contributed by atoms with Gasteiger partial charge < -0.3 is 14.8 Å². The van der Waals surface area contributed by atoms with Gasteiger partial charge in [-0.3, -0.25) is 14.2 Å². The van der Waals surface area contributed by atoms with Crippen LogP contribution in [0.15, 0.2) is 65.5 Å². The molecule has 7 nitrogen and oxygen atoms in total. The summed E-state index contributed by atoms with van der Waals surface area (Å²) in [6.07, 6.45) is 0. The zero-order valence-corrected chi connectivity index (χ0v) is 16.4. The predicted octanol–water partition coefficient (Wildman–Crippen LogP) is 2.46. The van der Waals surface area contributed by atoms with Gasteiger partial charge in [0.2, 0.25) is 5.91 Å². The Hall–Kier alpha value is -3.61. The Labute approximate surface area is 168 Å². The molecule has 0 aliphatic carbocycles. The van der Waals surface area contributed by atoms with Crippen LogP contribution < -0.4 is 20.3 Å². The fourth-order valence-corrected chi connectivity index (χ4v) is 2.78. The number of rotatable bonds is 8. The molecular formula is C22H23N3O4. The van der Waals surface area contributed by atoms with E-state index in [0.29, 0.717) is 23.8 Å². The molecule has 0 unspecified atom stereocenters. The van der Waals surface area contributed by atoms with Crippen molar-refractivity contribution in [2.24, 2.45) is 0 Å². The molecule has 29 heavy (non-hydrogen) atoms. The monoisotopic (exact) mass is 393 g/mol. The number of methoxy groups -OCH3 is 1. The molecule has 1 heterocycles. The quantitative estimate of drug-likeness (QED) is 0.636. The van der Waals surface area contributed by atoms with E-state index in [1.54, 1.807) is 38.3 Å². The standard InChI is InChI=1S/C22H23N3O4/c1-16-12-22(27)25(14-21(26)23-13-17-6-4-3-5-7-17)20(24-16)15-29-19-10-8-18(28-2)9-11-19/h3-12H,13-15H2,1-2H3,(H,23,26). The number of hydrogen-bond donors (Lipinski definition) is 1. The number of aryl methyl sites for hydroxylation is 1. The van der Waals surface area contributed by atoms with Crippen molar-refractivity contribution in [2.75, 3.05) is 7.11 Å². The lowest BCUT2D eigenvalue weighted by molar-refractivity contribution is -0.121. The molecule has 150 valence electrons. The zero-order chi connectivity index (χ0) is 20.6. The highest BCUT2D eigenvalue weighted by molar-refractivity contribution is 5.75. The van der Waals surface area contributed by atoms with Crippen molar-refractivity contribution in [3.05, 3.63) is 88.1 Å². The van der Waals surface area contributed by atoms with Crippen LogP contribution in [0, 0.1) is 6.92 Å². The molecule has 0 aliphatic rings. The lowest BCUT2D eigenvalue weighted by atomic mass is 10.2. The predicted molar refractivity (Wildman–Crippen MR) is 109 cm³/mol. The highest BCUT2D eigenvalue weighted by Gasteiger charge is 2.12. The minimum absolute atomic E-state index is 0.0647. The number of nitrogens with one attached hydrogen (secondary N) is 1. The van der Waals surface area contributed by atoms with Crippen molar-refractivity contribution in [3.63, 3.8) is 0 Å². The summed E-state index contributed by atoms with van der Waals surface area (Å²) >= 11 is 0. The molecule has 0 spiro atoms. The molecule has 0 atom stereocenters. The molecule has 0 saturated carbocycles. The van der Waals surface area contributed by atoms with Gasteiger partial charge >= 0.3 is 0 Å².